The van der Waals surface area contributed by atoms with E-state index in [4.69, 9.17) is 4.74 Å². The van der Waals surface area contributed by atoms with Crippen molar-refractivity contribution in [3.8, 4) is 11.5 Å². The SMILES string of the molecule is COc1ccc(CC[N+](=O)[O-])c(I)c1O. The number of rotatable bonds is 4. The molecule has 0 bridgehead atoms. The molecule has 0 aliphatic carbocycles. The average Bonchev–Trinajstić information content (AvgIpc) is 2.20. The van der Waals surface area contributed by atoms with Crippen LogP contribution in [0, 0.1) is 13.7 Å². The van der Waals surface area contributed by atoms with Crippen LogP contribution in [-0.4, -0.2) is 23.7 Å². The lowest BCUT2D eigenvalue weighted by atomic mass is 10.1. The fourth-order valence-corrected chi connectivity index (χ4v) is 1.87. The third-order valence-electron chi connectivity index (χ3n) is 1.94. The van der Waals surface area contributed by atoms with Crippen molar-refractivity contribution in [1.29, 1.82) is 0 Å². The first-order valence-corrected chi connectivity index (χ1v) is 5.30. The van der Waals surface area contributed by atoms with Crippen LogP contribution in [0.4, 0.5) is 0 Å². The summed E-state index contributed by atoms with van der Waals surface area (Å²) in [6, 6.07) is 3.33. The molecule has 0 unspecified atom stereocenters. The molecule has 15 heavy (non-hydrogen) atoms. The highest BCUT2D eigenvalue weighted by molar-refractivity contribution is 14.1. The summed E-state index contributed by atoms with van der Waals surface area (Å²) in [5.41, 5.74) is 0.755. The number of aromatic hydroxyl groups is 1. The zero-order valence-electron chi connectivity index (χ0n) is 8.07. The Morgan fingerprint density at radius 3 is 2.80 bits per heavy atom. The summed E-state index contributed by atoms with van der Waals surface area (Å²) in [5.74, 6) is 0.420. The Labute approximate surface area is 100 Å². The summed E-state index contributed by atoms with van der Waals surface area (Å²) in [6.45, 7) is -0.137. The number of nitro groups is 1. The lowest BCUT2D eigenvalue weighted by molar-refractivity contribution is -0.479. The van der Waals surface area contributed by atoms with Crippen LogP contribution in [0.3, 0.4) is 0 Å². The molecule has 1 N–H and O–H groups in total. The Bertz CT molecular complexity index is 381. The zero-order chi connectivity index (χ0) is 11.4. The predicted molar refractivity (Wildman–Crippen MR) is 62.9 cm³/mol. The summed E-state index contributed by atoms with van der Waals surface area (Å²) in [6.07, 6.45) is 0.308. The lowest BCUT2D eigenvalue weighted by Crippen LogP contribution is -2.05. The quantitative estimate of drug-likeness (QED) is 0.521. The molecular formula is C9H10INO4. The van der Waals surface area contributed by atoms with Crippen LogP contribution in [-0.2, 0) is 6.42 Å². The Morgan fingerprint density at radius 1 is 1.60 bits per heavy atom. The number of hydrogen-bond donors (Lipinski definition) is 1. The molecule has 0 saturated carbocycles. The second kappa shape index (κ2) is 5.15. The third-order valence-corrected chi connectivity index (χ3v) is 3.15. The van der Waals surface area contributed by atoms with Gasteiger partial charge in [0.1, 0.15) is 0 Å². The van der Waals surface area contributed by atoms with Crippen LogP contribution in [0.15, 0.2) is 12.1 Å². The molecule has 1 aromatic rings. The first-order valence-electron chi connectivity index (χ1n) is 4.22. The highest BCUT2D eigenvalue weighted by Crippen LogP contribution is 2.33. The smallest absolute Gasteiger partial charge is 0.207 e. The number of ether oxygens (including phenoxy) is 1. The molecule has 0 saturated heterocycles. The van der Waals surface area contributed by atoms with Crippen molar-refractivity contribution in [3.05, 3.63) is 31.4 Å². The monoisotopic (exact) mass is 323 g/mol. The fraction of sp³-hybridized carbons (Fsp3) is 0.333. The number of phenolic OH excluding ortho intramolecular Hbond substituents is 1. The molecule has 1 rings (SSSR count). The molecule has 5 nitrogen and oxygen atoms in total. The van der Waals surface area contributed by atoms with Gasteiger partial charge >= 0.3 is 0 Å². The molecule has 0 aliphatic rings. The number of hydrogen-bond acceptors (Lipinski definition) is 4. The molecule has 0 radical (unpaired) electrons. The predicted octanol–water partition coefficient (Wildman–Crippen LogP) is 1.82. The van der Waals surface area contributed by atoms with E-state index in [9.17, 15) is 15.2 Å². The van der Waals surface area contributed by atoms with Gasteiger partial charge in [0.05, 0.1) is 10.7 Å². The Hall–Kier alpha value is -1.05. The van der Waals surface area contributed by atoms with Gasteiger partial charge in [0.25, 0.3) is 0 Å². The lowest BCUT2D eigenvalue weighted by Gasteiger charge is -2.08. The summed E-state index contributed by atoms with van der Waals surface area (Å²) in [5, 5.41) is 19.8. The van der Waals surface area contributed by atoms with Gasteiger partial charge in [-0.05, 0) is 34.2 Å². The van der Waals surface area contributed by atoms with Gasteiger partial charge in [-0.15, -0.1) is 0 Å². The molecule has 0 aliphatic heterocycles. The Morgan fingerprint density at radius 2 is 2.27 bits per heavy atom. The average molecular weight is 323 g/mol. The van der Waals surface area contributed by atoms with Gasteiger partial charge in [0.15, 0.2) is 11.5 Å². The minimum atomic E-state index is -0.378. The van der Waals surface area contributed by atoms with Crippen LogP contribution >= 0.6 is 22.6 Å². The maximum absolute atomic E-state index is 10.2. The molecule has 0 atom stereocenters. The molecule has 6 heteroatoms. The number of benzene rings is 1. The van der Waals surface area contributed by atoms with Crippen LogP contribution in [0.25, 0.3) is 0 Å². The largest absolute Gasteiger partial charge is 0.504 e. The van der Waals surface area contributed by atoms with Gasteiger partial charge < -0.3 is 9.84 Å². The van der Waals surface area contributed by atoms with Crippen molar-refractivity contribution in [2.24, 2.45) is 0 Å². The van der Waals surface area contributed by atoms with Gasteiger partial charge in [-0.2, -0.15) is 0 Å². The van der Waals surface area contributed by atoms with Gasteiger partial charge in [-0.25, -0.2) is 0 Å². The summed E-state index contributed by atoms with van der Waals surface area (Å²) in [7, 11) is 1.46. The summed E-state index contributed by atoms with van der Waals surface area (Å²) < 4.78 is 5.52. The van der Waals surface area contributed by atoms with Crippen LogP contribution < -0.4 is 4.74 Å². The maximum Gasteiger partial charge on any atom is 0.207 e. The van der Waals surface area contributed by atoms with Crippen molar-refractivity contribution >= 4 is 22.6 Å². The highest BCUT2D eigenvalue weighted by Gasteiger charge is 2.12. The normalized spacial score (nSPS) is 10.0. The first kappa shape index (κ1) is 12.0. The maximum atomic E-state index is 10.2. The first-order chi connectivity index (χ1) is 7.06. The number of halogens is 1. The van der Waals surface area contributed by atoms with Gasteiger partial charge in [-0.1, -0.05) is 6.07 Å². The van der Waals surface area contributed by atoms with E-state index in [1.54, 1.807) is 12.1 Å². The van der Waals surface area contributed by atoms with E-state index in [-0.39, 0.29) is 17.2 Å². The van der Waals surface area contributed by atoms with E-state index >= 15 is 0 Å². The van der Waals surface area contributed by atoms with Crippen molar-refractivity contribution in [1.82, 2.24) is 0 Å². The molecule has 0 spiro atoms. The molecular weight excluding hydrogens is 313 g/mol. The van der Waals surface area contributed by atoms with Crippen LogP contribution in [0.1, 0.15) is 5.56 Å². The minimum absolute atomic E-state index is 0.0407. The van der Waals surface area contributed by atoms with E-state index < -0.39 is 0 Å². The van der Waals surface area contributed by atoms with E-state index in [1.165, 1.54) is 7.11 Å². The van der Waals surface area contributed by atoms with E-state index in [0.29, 0.717) is 15.7 Å². The third kappa shape index (κ3) is 2.95. The summed E-state index contributed by atoms with van der Waals surface area (Å²) in [4.78, 5) is 9.83. The van der Waals surface area contributed by atoms with E-state index in [1.807, 2.05) is 22.6 Å². The fourth-order valence-electron chi connectivity index (χ4n) is 1.16. The van der Waals surface area contributed by atoms with E-state index in [2.05, 4.69) is 0 Å². The second-order valence-electron chi connectivity index (χ2n) is 2.90. The van der Waals surface area contributed by atoms with E-state index in [0.717, 1.165) is 5.56 Å². The highest BCUT2D eigenvalue weighted by atomic mass is 127. The Kier molecular flexibility index (Phi) is 4.13. The van der Waals surface area contributed by atoms with Crippen molar-refractivity contribution in [2.45, 2.75) is 6.42 Å². The molecule has 0 amide bonds. The van der Waals surface area contributed by atoms with Crippen LogP contribution in [0.2, 0.25) is 0 Å². The second-order valence-corrected chi connectivity index (χ2v) is 3.97. The molecule has 0 fully saturated rings. The molecule has 0 heterocycles. The molecule has 82 valence electrons. The van der Waals surface area contributed by atoms with Gasteiger partial charge in [0.2, 0.25) is 6.54 Å². The Balaban J connectivity index is 2.91. The van der Waals surface area contributed by atoms with Crippen molar-refractivity contribution in [3.63, 3.8) is 0 Å². The number of phenols is 1. The minimum Gasteiger partial charge on any atom is -0.504 e. The zero-order valence-corrected chi connectivity index (χ0v) is 10.2. The standard InChI is InChI=1S/C9H10INO4/c1-15-7-3-2-6(4-5-11(13)14)8(10)9(7)12/h2-3,12H,4-5H2,1H3. The molecule has 1 aromatic carbocycles. The number of methoxy groups -OCH3 is 1. The van der Waals surface area contributed by atoms with Gasteiger partial charge in [-0.3, -0.25) is 10.1 Å². The number of nitrogens with zero attached hydrogens (tertiary/aromatic N) is 1. The van der Waals surface area contributed by atoms with Crippen molar-refractivity contribution < 1.29 is 14.8 Å². The van der Waals surface area contributed by atoms with Crippen molar-refractivity contribution in [2.75, 3.05) is 13.7 Å². The topological polar surface area (TPSA) is 72.6 Å². The summed E-state index contributed by atoms with van der Waals surface area (Å²) >= 11 is 1.95. The molecule has 0 aromatic heterocycles. The van der Waals surface area contributed by atoms with Gasteiger partial charge in [0, 0.05) is 11.3 Å². The van der Waals surface area contributed by atoms with Crippen LogP contribution in [0.5, 0.6) is 11.5 Å².